The molecule has 5 atom stereocenters. The Balaban J connectivity index is 5.23. The number of aliphatic hydroxyl groups excluding tert-OH is 1. The molecule has 600 valence electrons. The Bertz CT molecular complexity index is 1970. The van der Waals surface area contributed by atoms with Gasteiger partial charge in [0.05, 0.1) is 26.4 Å². The molecule has 0 heterocycles. The molecule has 0 amide bonds. The smallest absolute Gasteiger partial charge is 0.462 e. The number of esters is 4. The first-order valence-corrected chi connectivity index (χ1v) is 45.2. The molecule has 0 aromatic rings. The van der Waals surface area contributed by atoms with Crippen LogP contribution in [0.25, 0.3) is 0 Å². The maximum absolute atomic E-state index is 13.1. The Morgan fingerprint density at radius 2 is 0.416 bits per heavy atom. The third-order valence-corrected chi connectivity index (χ3v) is 21.0. The minimum atomic E-state index is -4.96. The van der Waals surface area contributed by atoms with E-state index in [0.717, 1.165) is 114 Å². The number of phosphoric acid groups is 2. The van der Waals surface area contributed by atoms with Crippen LogP contribution in [-0.2, 0) is 65.4 Å². The summed E-state index contributed by atoms with van der Waals surface area (Å²) in [7, 11) is -9.92. The van der Waals surface area contributed by atoms with Gasteiger partial charge in [0, 0.05) is 25.7 Å². The number of unbranched alkanes of at least 4 members (excludes halogenated alkanes) is 45. The fourth-order valence-electron chi connectivity index (χ4n) is 12.6. The minimum Gasteiger partial charge on any atom is -0.462 e. The molecular weight excluding hydrogens is 1320 g/mol. The standard InChI is InChI=1S/C82H160O17P2/c1-72(2)58-50-42-34-28-22-16-12-9-10-14-19-26-32-38-48-56-64-81(86)98-77(68-92-79(84)62-54-46-37-31-25-18-15-11-13-17-23-29-35-43-51-59-73(3)4)70-96-100(88,89)94-66-76(83)67-95-101(90,91)97-71-78(69-93-80(85)63-55-47-41-40-45-53-61-75(7)8)99-82(87)65-57-49-39-33-27-21-20-24-30-36-44-52-60-74(5)6/h72-78,83H,9-71H2,1-8H3,(H,88,89)(H,90,91)/t76-,77-,78-/m1/s1. The zero-order chi connectivity index (χ0) is 74.6. The van der Waals surface area contributed by atoms with Gasteiger partial charge in [-0.15, -0.1) is 0 Å². The molecule has 0 aliphatic carbocycles. The zero-order valence-corrected chi connectivity index (χ0v) is 68.3. The van der Waals surface area contributed by atoms with E-state index in [1.54, 1.807) is 0 Å². The van der Waals surface area contributed by atoms with Gasteiger partial charge >= 0.3 is 39.5 Å². The number of hydrogen-bond acceptors (Lipinski definition) is 15. The molecule has 3 N–H and O–H groups in total. The van der Waals surface area contributed by atoms with E-state index in [2.05, 4.69) is 55.4 Å². The number of aliphatic hydroxyl groups is 1. The molecule has 0 aliphatic heterocycles. The summed E-state index contributed by atoms with van der Waals surface area (Å²) in [6.45, 7) is 14.2. The Kier molecular flexibility index (Phi) is 69.6. The summed E-state index contributed by atoms with van der Waals surface area (Å²) in [5.74, 6) is 0.957. The van der Waals surface area contributed by atoms with E-state index in [-0.39, 0.29) is 25.7 Å². The van der Waals surface area contributed by atoms with Crippen molar-refractivity contribution in [2.75, 3.05) is 39.6 Å². The fraction of sp³-hybridized carbons (Fsp3) is 0.951. The van der Waals surface area contributed by atoms with Gasteiger partial charge in [0.2, 0.25) is 0 Å². The van der Waals surface area contributed by atoms with Crippen LogP contribution in [0.2, 0.25) is 0 Å². The van der Waals surface area contributed by atoms with Crippen molar-refractivity contribution in [1.82, 2.24) is 0 Å². The summed E-state index contributed by atoms with van der Waals surface area (Å²) in [5.41, 5.74) is 0. The maximum Gasteiger partial charge on any atom is 0.472 e. The largest absolute Gasteiger partial charge is 0.472 e. The zero-order valence-electron chi connectivity index (χ0n) is 66.5. The van der Waals surface area contributed by atoms with Crippen molar-refractivity contribution in [3.8, 4) is 0 Å². The van der Waals surface area contributed by atoms with E-state index in [0.29, 0.717) is 31.6 Å². The van der Waals surface area contributed by atoms with Crippen LogP contribution in [0.5, 0.6) is 0 Å². The van der Waals surface area contributed by atoms with E-state index >= 15 is 0 Å². The Labute approximate surface area is 619 Å². The highest BCUT2D eigenvalue weighted by atomic mass is 31.2. The van der Waals surface area contributed by atoms with Crippen molar-refractivity contribution < 1.29 is 80.2 Å². The number of phosphoric ester groups is 2. The van der Waals surface area contributed by atoms with E-state index in [9.17, 15) is 43.2 Å². The molecule has 0 radical (unpaired) electrons. The summed E-state index contributed by atoms with van der Waals surface area (Å²) in [4.78, 5) is 73.0. The molecule has 0 aromatic heterocycles. The number of hydrogen-bond donors (Lipinski definition) is 3. The van der Waals surface area contributed by atoms with Crippen molar-refractivity contribution in [3.05, 3.63) is 0 Å². The predicted molar refractivity (Wildman–Crippen MR) is 414 cm³/mol. The molecular formula is C82H160O17P2. The van der Waals surface area contributed by atoms with Crippen LogP contribution in [-0.4, -0.2) is 96.7 Å². The number of carbonyl (C=O) groups is 4. The molecule has 0 spiro atoms. The van der Waals surface area contributed by atoms with Gasteiger partial charge in [-0.3, -0.25) is 37.3 Å². The highest BCUT2D eigenvalue weighted by Crippen LogP contribution is 2.45. The number of carbonyl (C=O) groups excluding carboxylic acids is 4. The first-order chi connectivity index (χ1) is 48.6. The summed E-state index contributed by atoms with van der Waals surface area (Å²) < 4.78 is 68.7. The average Bonchev–Trinajstić information content (AvgIpc) is 1.01. The van der Waals surface area contributed by atoms with Crippen molar-refractivity contribution in [2.24, 2.45) is 23.7 Å². The molecule has 2 unspecified atom stereocenters. The molecule has 101 heavy (non-hydrogen) atoms. The molecule has 19 heteroatoms. The quantitative estimate of drug-likeness (QED) is 0.0222. The lowest BCUT2D eigenvalue weighted by Crippen LogP contribution is -2.30. The Morgan fingerprint density at radius 1 is 0.248 bits per heavy atom. The van der Waals surface area contributed by atoms with Gasteiger partial charge in [0.1, 0.15) is 19.3 Å². The van der Waals surface area contributed by atoms with Gasteiger partial charge in [-0.25, -0.2) is 9.13 Å². The molecule has 0 saturated carbocycles. The Hall–Kier alpha value is -1.94. The summed E-state index contributed by atoms with van der Waals surface area (Å²) in [5, 5.41) is 10.6. The second kappa shape index (κ2) is 71.0. The lowest BCUT2D eigenvalue weighted by molar-refractivity contribution is -0.161. The Morgan fingerprint density at radius 3 is 0.614 bits per heavy atom. The van der Waals surface area contributed by atoms with Crippen LogP contribution in [0.1, 0.15) is 421 Å². The second-order valence-electron chi connectivity index (χ2n) is 31.4. The molecule has 0 fully saturated rings. The van der Waals surface area contributed by atoms with E-state index < -0.39 is 97.5 Å². The van der Waals surface area contributed by atoms with Gasteiger partial charge in [0.25, 0.3) is 0 Å². The van der Waals surface area contributed by atoms with Crippen molar-refractivity contribution in [1.29, 1.82) is 0 Å². The monoisotopic (exact) mass is 1480 g/mol. The van der Waals surface area contributed by atoms with Crippen LogP contribution in [0.4, 0.5) is 0 Å². The number of rotatable bonds is 79. The SMILES string of the molecule is CC(C)CCCCCCCCCCCCCCCCCCC(=O)O[C@H](COC(=O)CCCCCCCCCCCCCCCCCC(C)C)COP(=O)(O)OC[C@@H](O)COP(=O)(O)OC[C@@H](COC(=O)CCCCCCCCC(C)C)OC(=O)CCCCCCCCCCCCCCC(C)C. The van der Waals surface area contributed by atoms with Crippen LogP contribution in [0, 0.1) is 23.7 Å². The first-order valence-electron chi connectivity index (χ1n) is 42.2. The summed E-state index contributed by atoms with van der Waals surface area (Å²) in [6.07, 6.45) is 58.5. The lowest BCUT2D eigenvalue weighted by atomic mass is 10.0. The van der Waals surface area contributed by atoms with Crippen LogP contribution in [0.15, 0.2) is 0 Å². The average molecular weight is 1480 g/mol. The fourth-order valence-corrected chi connectivity index (χ4v) is 14.2. The molecule has 0 aromatic carbocycles. The lowest BCUT2D eigenvalue weighted by Gasteiger charge is -2.21. The highest BCUT2D eigenvalue weighted by molar-refractivity contribution is 7.47. The summed E-state index contributed by atoms with van der Waals surface area (Å²) >= 11 is 0. The van der Waals surface area contributed by atoms with Crippen LogP contribution >= 0.6 is 15.6 Å². The van der Waals surface area contributed by atoms with Gasteiger partial charge in [-0.05, 0) is 49.4 Å². The van der Waals surface area contributed by atoms with Crippen LogP contribution < -0.4 is 0 Å². The minimum absolute atomic E-state index is 0.106. The highest BCUT2D eigenvalue weighted by Gasteiger charge is 2.30. The third-order valence-electron chi connectivity index (χ3n) is 19.1. The van der Waals surface area contributed by atoms with Gasteiger partial charge in [-0.2, -0.15) is 0 Å². The normalized spacial score (nSPS) is 14.0. The van der Waals surface area contributed by atoms with E-state index in [1.807, 2.05) is 0 Å². The van der Waals surface area contributed by atoms with Crippen molar-refractivity contribution in [3.63, 3.8) is 0 Å². The third kappa shape index (κ3) is 76.1. The molecule has 0 bridgehead atoms. The van der Waals surface area contributed by atoms with Gasteiger partial charge in [-0.1, -0.05) is 370 Å². The van der Waals surface area contributed by atoms with Crippen LogP contribution in [0.3, 0.4) is 0 Å². The van der Waals surface area contributed by atoms with E-state index in [1.165, 1.54) is 218 Å². The molecule has 17 nitrogen and oxygen atoms in total. The molecule has 0 saturated heterocycles. The first kappa shape index (κ1) is 99.1. The maximum atomic E-state index is 13.1. The van der Waals surface area contributed by atoms with Gasteiger partial charge < -0.3 is 33.8 Å². The van der Waals surface area contributed by atoms with Gasteiger partial charge in [0.15, 0.2) is 12.2 Å². The summed E-state index contributed by atoms with van der Waals surface area (Å²) in [6, 6.07) is 0. The van der Waals surface area contributed by atoms with E-state index in [4.69, 9.17) is 37.0 Å². The number of ether oxygens (including phenoxy) is 4. The van der Waals surface area contributed by atoms with Crippen molar-refractivity contribution >= 4 is 39.5 Å². The molecule has 0 aliphatic rings. The van der Waals surface area contributed by atoms with Crippen molar-refractivity contribution in [2.45, 2.75) is 440 Å². The predicted octanol–water partition coefficient (Wildman–Crippen LogP) is 24.4. The molecule has 0 rings (SSSR count). The second-order valence-corrected chi connectivity index (χ2v) is 34.3. The topological polar surface area (TPSA) is 237 Å².